The summed E-state index contributed by atoms with van der Waals surface area (Å²) in [6.07, 6.45) is 11.5. The van der Waals surface area contributed by atoms with Crippen LogP contribution in [0.1, 0.15) is 127 Å². The molecule has 0 aromatic carbocycles. The minimum atomic E-state index is -3.82. The summed E-state index contributed by atoms with van der Waals surface area (Å²) < 4.78 is 41.0. The molecule has 1 saturated carbocycles. The van der Waals surface area contributed by atoms with Gasteiger partial charge < -0.3 is 25.4 Å². The van der Waals surface area contributed by atoms with Gasteiger partial charge in [-0.25, -0.2) is 14.5 Å². The Kier molecular flexibility index (Phi) is 14.5. The third-order valence-corrected chi connectivity index (χ3v) is 12.9. The molecule has 2 fully saturated rings. The summed E-state index contributed by atoms with van der Waals surface area (Å²) in [5.41, 5.74) is 7.96. The Balaban J connectivity index is 1.21. The maximum atomic E-state index is 14.2. The van der Waals surface area contributed by atoms with Crippen LogP contribution in [0.3, 0.4) is 0 Å². The molecule has 6 atom stereocenters. The van der Waals surface area contributed by atoms with Crippen LogP contribution in [0.15, 0.2) is 23.6 Å². The molecule has 3 aliphatic rings. The van der Waals surface area contributed by atoms with E-state index in [1.807, 2.05) is 23.6 Å². The largest absolute Gasteiger partial charge is 0.459 e. The fourth-order valence-electron chi connectivity index (χ4n) is 7.19. The van der Waals surface area contributed by atoms with Crippen molar-refractivity contribution in [2.24, 2.45) is 17.6 Å². The second-order valence-electron chi connectivity index (χ2n) is 16.8. The molecule has 2 aliphatic carbocycles. The van der Waals surface area contributed by atoms with Crippen LogP contribution < -0.4 is 20.5 Å². The SMILES string of the molecule is CCn1c(O[C@@H]2C[C@@H](C(N)=O)N(C(=O)[C@H](CCCCC/C=C\[C@@H]3C[C@@H]3C(=O)NS(=O)(=O)N(C)C)NC(=O)OC(C)(C)C)C2)nc2c1C=CCC2c1nc(C(C)C)cs1. The van der Waals surface area contributed by atoms with E-state index in [1.165, 1.54) is 19.0 Å². The summed E-state index contributed by atoms with van der Waals surface area (Å²) in [7, 11) is -1.11. The third kappa shape index (κ3) is 11.3. The van der Waals surface area contributed by atoms with E-state index < -0.39 is 57.8 Å². The molecule has 18 heteroatoms. The number of allylic oxidation sites excluding steroid dienone is 3. The first-order chi connectivity index (χ1) is 27.3. The van der Waals surface area contributed by atoms with E-state index in [0.29, 0.717) is 37.7 Å². The molecule has 2 aromatic heterocycles. The third-order valence-electron chi connectivity index (χ3n) is 10.5. The molecular weight excluding hydrogens is 785 g/mol. The summed E-state index contributed by atoms with van der Waals surface area (Å²) in [6, 6.07) is -1.51. The van der Waals surface area contributed by atoms with Crippen molar-refractivity contribution in [3.05, 3.63) is 45.7 Å². The van der Waals surface area contributed by atoms with Gasteiger partial charge in [0.2, 0.25) is 17.7 Å². The molecule has 3 heterocycles. The number of ether oxygens (including phenoxy) is 2. The fraction of sp³-hybridized carbons (Fsp3) is 0.650. The number of hydrogen-bond donors (Lipinski definition) is 3. The van der Waals surface area contributed by atoms with Crippen LogP contribution in [0.5, 0.6) is 6.01 Å². The van der Waals surface area contributed by atoms with Gasteiger partial charge in [0.25, 0.3) is 6.01 Å². The van der Waals surface area contributed by atoms with E-state index in [1.54, 1.807) is 32.1 Å². The molecule has 1 saturated heterocycles. The fourth-order valence-corrected chi connectivity index (χ4v) is 8.88. The average Bonchev–Trinajstić information content (AvgIpc) is 3.42. The Labute approximate surface area is 346 Å². The van der Waals surface area contributed by atoms with Gasteiger partial charge in [-0.2, -0.15) is 17.7 Å². The lowest BCUT2D eigenvalue weighted by Crippen LogP contribution is -2.53. The molecule has 0 bridgehead atoms. The second-order valence-corrected chi connectivity index (χ2v) is 19.5. The lowest BCUT2D eigenvalue weighted by atomic mass is 9.95. The molecule has 5 rings (SSSR count). The maximum absolute atomic E-state index is 14.2. The van der Waals surface area contributed by atoms with Crippen LogP contribution in [0.4, 0.5) is 4.79 Å². The lowest BCUT2D eigenvalue weighted by Gasteiger charge is -2.28. The summed E-state index contributed by atoms with van der Waals surface area (Å²) >= 11 is 1.64. The number of aromatic nitrogens is 3. The highest BCUT2D eigenvalue weighted by atomic mass is 32.2. The summed E-state index contributed by atoms with van der Waals surface area (Å²) in [5.74, 6) is -1.68. The number of rotatable bonds is 18. The number of thiazole rings is 1. The number of unbranched alkanes of at least 4 members (excludes halogenated alkanes) is 3. The molecule has 0 radical (unpaired) electrons. The van der Waals surface area contributed by atoms with Gasteiger partial charge in [0, 0.05) is 38.4 Å². The van der Waals surface area contributed by atoms with E-state index in [0.717, 1.165) is 52.1 Å². The number of nitrogens with two attached hydrogens (primary N) is 1. The number of alkyl carbamates (subject to hydrolysis) is 1. The second kappa shape index (κ2) is 18.7. The van der Waals surface area contributed by atoms with Gasteiger partial charge in [-0.05, 0) is 77.7 Å². The van der Waals surface area contributed by atoms with Crippen LogP contribution in [0.25, 0.3) is 6.08 Å². The Morgan fingerprint density at radius 1 is 1.12 bits per heavy atom. The molecule has 58 heavy (non-hydrogen) atoms. The lowest BCUT2D eigenvalue weighted by molar-refractivity contribution is -0.139. The predicted octanol–water partition coefficient (Wildman–Crippen LogP) is 4.82. The molecule has 0 spiro atoms. The first-order valence-corrected chi connectivity index (χ1v) is 22.5. The van der Waals surface area contributed by atoms with Gasteiger partial charge in [0.15, 0.2) is 0 Å². The normalized spacial score (nSPS) is 22.3. The van der Waals surface area contributed by atoms with Crippen LogP contribution in [0.2, 0.25) is 0 Å². The molecule has 1 aliphatic heterocycles. The number of nitrogens with zero attached hydrogens (tertiary/aromatic N) is 5. The van der Waals surface area contributed by atoms with E-state index in [2.05, 4.69) is 41.4 Å². The van der Waals surface area contributed by atoms with Gasteiger partial charge in [0.05, 0.1) is 29.5 Å². The van der Waals surface area contributed by atoms with Crippen molar-refractivity contribution in [1.82, 2.24) is 33.8 Å². The Bertz CT molecular complexity index is 1980. The van der Waals surface area contributed by atoms with E-state index in [-0.39, 0.29) is 30.7 Å². The zero-order chi connectivity index (χ0) is 42.5. The standard InChI is InChI=1S/C40H60N8O8S2/c1-9-47-31-19-15-17-27(36-42-30(23-57-36)24(2)3)33(31)44-38(47)55-26-21-32(34(41)49)48(22-26)37(51)29(43-39(52)56-40(4,5)6)18-14-12-10-11-13-16-25-20-28(25)35(50)45-58(53,54)46(7)8/h13,15-16,19,23-29,32H,9-12,14,17-18,20-22H2,1-8H3,(H2,41,49)(H,43,52)(H,45,50)/b16-13-/t25-,26-,27?,28+,29+,32+/m1/s1. The van der Waals surface area contributed by atoms with Gasteiger partial charge >= 0.3 is 16.3 Å². The van der Waals surface area contributed by atoms with Gasteiger partial charge in [-0.1, -0.05) is 44.9 Å². The number of primary amides is 1. The van der Waals surface area contributed by atoms with Crippen molar-refractivity contribution in [3.8, 4) is 6.01 Å². The van der Waals surface area contributed by atoms with Crippen LogP contribution in [-0.2, 0) is 35.9 Å². The summed E-state index contributed by atoms with van der Waals surface area (Å²) in [6.45, 7) is 12.1. The Hall–Kier alpha value is -4.29. The number of nitrogens with one attached hydrogen (secondary N) is 2. The van der Waals surface area contributed by atoms with Gasteiger partial charge in [-0.3, -0.25) is 19.0 Å². The number of likely N-dealkylation sites (tertiary alicyclic amines) is 1. The van der Waals surface area contributed by atoms with Crippen molar-refractivity contribution >= 4 is 51.4 Å². The van der Waals surface area contributed by atoms with Crippen molar-refractivity contribution in [1.29, 1.82) is 0 Å². The smallest absolute Gasteiger partial charge is 0.408 e. The minimum absolute atomic E-state index is 0.00771. The molecule has 2 aromatic rings. The van der Waals surface area contributed by atoms with Crippen molar-refractivity contribution in [3.63, 3.8) is 0 Å². The first-order valence-electron chi connectivity index (χ1n) is 20.2. The quantitative estimate of drug-likeness (QED) is 0.138. The zero-order valence-corrected chi connectivity index (χ0v) is 36.5. The van der Waals surface area contributed by atoms with Crippen molar-refractivity contribution < 1.29 is 37.1 Å². The van der Waals surface area contributed by atoms with Crippen LogP contribution >= 0.6 is 11.3 Å². The van der Waals surface area contributed by atoms with Crippen LogP contribution in [0, 0.1) is 11.8 Å². The maximum Gasteiger partial charge on any atom is 0.408 e. The van der Waals surface area contributed by atoms with Crippen molar-refractivity contribution in [2.45, 2.75) is 135 Å². The predicted molar refractivity (Wildman–Crippen MR) is 221 cm³/mol. The molecule has 16 nitrogen and oxygen atoms in total. The highest BCUT2D eigenvalue weighted by molar-refractivity contribution is 7.87. The molecule has 320 valence electrons. The number of hydrogen-bond acceptors (Lipinski definition) is 11. The molecule has 1 unspecified atom stereocenters. The topological polar surface area (TPSA) is 208 Å². The zero-order valence-electron chi connectivity index (χ0n) is 34.9. The minimum Gasteiger partial charge on any atom is -0.459 e. The molecule has 4 N–H and O–H groups in total. The first kappa shape index (κ1) is 44.8. The van der Waals surface area contributed by atoms with E-state index >= 15 is 0 Å². The Morgan fingerprint density at radius 2 is 1.86 bits per heavy atom. The van der Waals surface area contributed by atoms with Crippen LogP contribution in [-0.4, -0.2) is 100 Å². The average molecular weight is 845 g/mol. The number of amides is 4. The number of carbonyl (C=O) groups excluding carboxylic acids is 4. The summed E-state index contributed by atoms with van der Waals surface area (Å²) in [5, 5.41) is 5.85. The van der Waals surface area contributed by atoms with Crippen molar-refractivity contribution in [2.75, 3.05) is 20.6 Å². The highest BCUT2D eigenvalue weighted by Gasteiger charge is 2.44. The van der Waals surface area contributed by atoms with E-state index in [4.69, 9.17) is 25.2 Å². The van der Waals surface area contributed by atoms with Gasteiger partial charge in [0.1, 0.15) is 28.8 Å². The summed E-state index contributed by atoms with van der Waals surface area (Å²) in [4.78, 5) is 63.6. The highest BCUT2D eigenvalue weighted by Crippen LogP contribution is 2.41. The van der Waals surface area contributed by atoms with Gasteiger partial charge in [-0.15, -0.1) is 11.3 Å². The monoisotopic (exact) mass is 844 g/mol. The molecule has 4 amide bonds. The van der Waals surface area contributed by atoms with E-state index in [9.17, 15) is 27.6 Å². The number of imidazole rings is 1. The molecular formula is C40H60N8O8S2. The Morgan fingerprint density at radius 3 is 2.50 bits per heavy atom. The number of fused-ring (bicyclic) bond motifs is 1. The number of carbonyl (C=O) groups is 4.